The van der Waals surface area contributed by atoms with Crippen molar-refractivity contribution in [2.24, 2.45) is 7.05 Å². The average Bonchev–Trinajstić information content (AvgIpc) is 2.43. The second-order valence-corrected chi connectivity index (χ2v) is 2.69. The molecule has 0 radical (unpaired) electrons. The molecular weight excluding hydrogens is 168 g/mol. The minimum atomic E-state index is -0.224. The van der Waals surface area contributed by atoms with E-state index in [9.17, 15) is 4.79 Å². The summed E-state index contributed by atoms with van der Waals surface area (Å²) in [6.07, 6.45) is 1.43. The number of rotatable bonds is 0. The second-order valence-electron chi connectivity index (χ2n) is 2.69. The predicted molar refractivity (Wildman–Crippen MR) is 46.0 cm³/mol. The summed E-state index contributed by atoms with van der Waals surface area (Å²) < 4.78 is 1.42. The molecule has 64 valence electrons. The van der Waals surface area contributed by atoms with Crippen molar-refractivity contribution in [3.63, 3.8) is 0 Å². The smallest absolute Gasteiger partial charge is 0.294 e. The molecule has 0 saturated heterocycles. The minimum absolute atomic E-state index is 0.224. The van der Waals surface area contributed by atoms with Crippen molar-refractivity contribution >= 4 is 11.2 Å². The zero-order valence-electron chi connectivity index (χ0n) is 6.90. The Balaban J connectivity index is 2.92. The van der Waals surface area contributed by atoms with Gasteiger partial charge < -0.3 is 0 Å². The number of H-pyrrole nitrogens is 1. The van der Waals surface area contributed by atoms with Crippen LogP contribution in [-0.4, -0.2) is 14.5 Å². The summed E-state index contributed by atoms with van der Waals surface area (Å²) in [6, 6.07) is 3.59. The molecule has 0 fully saturated rings. The highest BCUT2D eigenvalue weighted by atomic mass is 16.1. The molecule has 5 nitrogen and oxygen atoms in total. The van der Waals surface area contributed by atoms with E-state index >= 15 is 0 Å². The van der Waals surface area contributed by atoms with Gasteiger partial charge in [-0.15, -0.1) is 0 Å². The number of fused-ring (bicyclic) bond motifs is 1. The summed E-state index contributed by atoms with van der Waals surface area (Å²) in [6.45, 7) is 0. The largest absolute Gasteiger partial charge is 0.327 e. The molecule has 0 aliphatic heterocycles. The van der Waals surface area contributed by atoms with E-state index in [-0.39, 0.29) is 5.69 Å². The number of aryl methyl sites for hydroxylation is 1. The van der Waals surface area contributed by atoms with Gasteiger partial charge in [-0.25, -0.2) is 9.78 Å². The number of imidazole rings is 1. The van der Waals surface area contributed by atoms with Crippen molar-refractivity contribution in [2.75, 3.05) is 0 Å². The lowest BCUT2D eigenvalue weighted by Gasteiger charge is -1.91. The van der Waals surface area contributed by atoms with Crippen molar-refractivity contribution in [3.05, 3.63) is 28.3 Å². The first kappa shape index (κ1) is 7.55. The Bertz CT molecular complexity index is 558. The van der Waals surface area contributed by atoms with Crippen LogP contribution in [0.5, 0.6) is 0 Å². The second kappa shape index (κ2) is 2.45. The molecule has 2 aromatic rings. The van der Waals surface area contributed by atoms with Crippen LogP contribution in [0.1, 0.15) is 5.56 Å². The van der Waals surface area contributed by atoms with Crippen LogP contribution >= 0.6 is 0 Å². The predicted octanol–water partition coefficient (Wildman–Crippen LogP) is 0.133. The summed E-state index contributed by atoms with van der Waals surface area (Å²) in [5.41, 5.74) is 1.37. The van der Waals surface area contributed by atoms with Crippen LogP contribution in [0.2, 0.25) is 0 Å². The highest BCUT2D eigenvalue weighted by Gasteiger charge is 2.04. The fraction of sp³-hybridized carbons (Fsp3) is 0.125. The number of hydrogen-bond acceptors (Lipinski definition) is 3. The lowest BCUT2D eigenvalue weighted by Crippen LogP contribution is -2.11. The minimum Gasteiger partial charge on any atom is -0.294 e. The quantitative estimate of drug-likeness (QED) is 0.617. The fourth-order valence-corrected chi connectivity index (χ4v) is 1.16. The third kappa shape index (κ3) is 0.999. The summed E-state index contributed by atoms with van der Waals surface area (Å²) in [7, 11) is 1.63. The monoisotopic (exact) mass is 174 g/mol. The van der Waals surface area contributed by atoms with Crippen LogP contribution in [0.15, 0.2) is 17.1 Å². The van der Waals surface area contributed by atoms with Crippen LogP contribution in [0, 0.1) is 11.3 Å². The van der Waals surface area contributed by atoms with Gasteiger partial charge in [0.15, 0.2) is 5.65 Å². The first-order valence-corrected chi connectivity index (χ1v) is 3.67. The third-order valence-electron chi connectivity index (χ3n) is 1.89. The zero-order valence-corrected chi connectivity index (χ0v) is 6.90. The van der Waals surface area contributed by atoms with E-state index < -0.39 is 0 Å². The molecule has 0 bridgehead atoms. The third-order valence-corrected chi connectivity index (χ3v) is 1.89. The molecule has 2 heterocycles. The van der Waals surface area contributed by atoms with Crippen molar-refractivity contribution in [1.82, 2.24) is 14.5 Å². The highest BCUT2D eigenvalue weighted by Crippen LogP contribution is 2.07. The molecular formula is C8H6N4O. The number of nitrogens with zero attached hydrogens (tertiary/aromatic N) is 3. The number of pyridine rings is 1. The Labute approximate surface area is 73.3 Å². The molecule has 0 saturated carbocycles. The lowest BCUT2D eigenvalue weighted by molar-refractivity contribution is 0.891. The number of nitriles is 1. The number of hydrogen-bond donors (Lipinski definition) is 1. The van der Waals surface area contributed by atoms with Gasteiger partial charge in [0.2, 0.25) is 0 Å². The first-order chi connectivity index (χ1) is 6.22. The van der Waals surface area contributed by atoms with Gasteiger partial charge in [-0.1, -0.05) is 0 Å². The zero-order chi connectivity index (χ0) is 9.42. The van der Waals surface area contributed by atoms with Crippen LogP contribution in [0.3, 0.4) is 0 Å². The maximum atomic E-state index is 11.1. The molecule has 0 aliphatic carbocycles. The molecule has 13 heavy (non-hydrogen) atoms. The average molecular weight is 174 g/mol. The first-order valence-electron chi connectivity index (χ1n) is 3.67. The van der Waals surface area contributed by atoms with E-state index in [1.165, 1.54) is 10.8 Å². The van der Waals surface area contributed by atoms with E-state index in [1.54, 1.807) is 13.1 Å². The van der Waals surface area contributed by atoms with Crippen molar-refractivity contribution in [3.8, 4) is 6.07 Å². The molecule has 0 atom stereocenters. The summed E-state index contributed by atoms with van der Waals surface area (Å²) in [5.74, 6) is 0. The van der Waals surface area contributed by atoms with Gasteiger partial charge in [0.25, 0.3) is 0 Å². The summed E-state index contributed by atoms with van der Waals surface area (Å²) in [4.78, 5) is 17.6. The number of nitrogens with one attached hydrogen (secondary N) is 1. The van der Waals surface area contributed by atoms with Crippen LogP contribution in [-0.2, 0) is 7.05 Å². The van der Waals surface area contributed by atoms with Gasteiger partial charge in [-0.05, 0) is 6.07 Å². The van der Waals surface area contributed by atoms with Crippen LogP contribution in [0.4, 0.5) is 0 Å². The van der Waals surface area contributed by atoms with Crippen molar-refractivity contribution in [1.29, 1.82) is 5.26 Å². The van der Waals surface area contributed by atoms with Gasteiger partial charge >= 0.3 is 5.69 Å². The van der Waals surface area contributed by atoms with E-state index in [1.807, 2.05) is 6.07 Å². The van der Waals surface area contributed by atoms with E-state index in [0.717, 1.165) is 0 Å². The van der Waals surface area contributed by atoms with Gasteiger partial charge in [0, 0.05) is 13.2 Å². The Morgan fingerprint density at radius 1 is 1.69 bits per heavy atom. The van der Waals surface area contributed by atoms with Gasteiger partial charge in [0.1, 0.15) is 6.07 Å². The number of aromatic amines is 1. The SMILES string of the molecule is Cn1c(=O)[nH]c2ncc(C#N)cc21. The Hall–Kier alpha value is -2.09. The molecule has 0 aliphatic rings. The van der Waals surface area contributed by atoms with E-state index in [2.05, 4.69) is 9.97 Å². The highest BCUT2D eigenvalue weighted by molar-refractivity contribution is 5.71. The Morgan fingerprint density at radius 3 is 3.15 bits per heavy atom. The van der Waals surface area contributed by atoms with E-state index in [4.69, 9.17) is 5.26 Å². The molecule has 0 amide bonds. The lowest BCUT2D eigenvalue weighted by atomic mass is 10.3. The topological polar surface area (TPSA) is 74.5 Å². The standard InChI is InChI=1S/C8H6N4O/c1-12-6-2-5(3-9)4-10-7(6)11-8(12)13/h2,4H,1H3,(H,10,11,13). The normalized spacial score (nSPS) is 10.2. The maximum Gasteiger partial charge on any atom is 0.327 e. The van der Waals surface area contributed by atoms with Gasteiger partial charge in [-0.2, -0.15) is 5.26 Å². The molecule has 2 aromatic heterocycles. The molecule has 0 spiro atoms. The molecule has 2 rings (SSSR count). The van der Waals surface area contributed by atoms with Gasteiger partial charge in [-0.3, -0.25) is 9.55 Å². The van der Waals surface area contributed by atoms with E-state index in [0.29, 0.717) is 16.7 Å². The molecule has 1 N–H and O–H groups in total. The van der Waals surface area contributed by atoms with Gasteiger partial charge in [0.05, 0.1) is 11.1 Å². The fourth-order valence-electron chi connectivity index (χ4n) is 1.16. The Morgan fingerprint density at radius 2 is 2.46 bits per heavy atom. The maximum absolute atomic E-state index is 11.1. The molecule has 0 unspecified atom stereocenters. The summed E-state index contributed by atoms with van der Waals surface area (Å²) in [5, 5.41) is 8.61. The van der Waals surface area contributed by atoms with Crippen LogP contribution < -0.4 is 5.69 Å². The Kier molecular flexibility index (Phi) is 1.43. The molecule has 0 aromatic carbocycles. The van der Waals surface area contributed by atoms with Crippen LogP contribution in [0.25, 0.3) is 11.2 Å². The molecule has 5 heteroatoms. The van der Waals surface area contributed by atoms with Crippen molar-refractivity contribution in [2.45, 2.75) is 0 Å². The van der Waals surface area contributed by atoms with Crippen molar-refractivity contribution < 1.29 is 0 Å². The summed E-state index contributed by atoms with van der Waals surface area (Å²) >= 11 is 0. The number of aromatic nitrogens is 3.